The van der Waals surface area contributed by atoms with Crippen LogP contribution in [0, 0.1) is 0 Å². The van der Waals surface area contributed by atoms with Gasteiger partial charge in [-0.2, -0.15) is 0 Å². The largest absolute Gasteiger partial charge is 0.444 e. The van der Waals surface area contributed by atoms with Gasteiger partial charge in [-0.3, -0.25) is 0 Å². The molecule has 0 saturated carbocycles. The maximum atomic E-state index is 5.54. The molecule has 98 valence electrons. The van der Waals surface area contributed by atoms with E-state index in [9.17, 15) is 0 Å². The summed E-state index contributed by atoms with van der Waals surface area (Å²) in [6.07, 6.45) is 2.63. The third-order valence-electron chi connectivity index (χ3n) is 2.69. The first-order valence-corrected chi connectivity index (χ1v) is 7.59. The van der Waals surface area contributed by atoms with Gasteiger partial charge in [0.25, 0.3) is 0 Å². The Morgan fingerprint density at radius 1 is 1.42 bits per heavy atom. The van der Waals surface area contributed by atoms with E-state index in [1.54, 1.807) is 17.5 Å². The van der Waals surface area contributed by atoms with Crippen LogP contribution in [0.3, 0.4) is 0 Å². The lowest BCUT2D eigenvalue weighted by Gasteiger charge is -1.97. The summed E-state index contributed by atoms with van der Waals surface area (Å²) in [6.45, 7) is 2.60. The number of aryl methyl sites for hydroxylation is 1. The second-order valence-corrected chi connectivity index (χ2v) is 6.00. The van der Waals surface area contributed by atoms with Gasteiger partial charge >= 0.3 is 0 Å². The third-order valence-corrected chi connectivity index (χ3v) is 4.16. The smallest absolute Gasteiger partial charge is 0.213 e. The Kier molecular flexibility index (Phi) is 3.52. The topological polar surface area (TPSA) is 51.0 Å². The molecule has 0 unspecified atom stereocenters. The van der Waals surface area contributed by atoms with E-state index in [1.807, 2.05) is 19.1 Å². The number of hydrogen-bond acceptors (Lipinski definition) is 5. The maximum Gasteiger partial charge on any atom is 0.213 e. The minimum Gasteiger partial charge on any atom is -0.444 e. The number of aromatic nitrogens is 2. The molecule has 0 radical (unpaired) electrons. The van der Waals surface area contributed by atoms with Gasteiger partial charge < -0.3 is 9.73 Å². The highest BCUT2D eigenvalue weighted by atomic mass is 79.9. The van der Waals surface area contributed by atoms with Crippen LogP contribution in [0.2, 0.25) is 0 Å². The fourth-order valence-corrected chi connectivity index (χ4v) is 3.13. The molecule has 3 aromatic rings. The van der Waals surface area contributed by atoms with E-state index >= 15 is 0 Å². The molecule has 0 bridgehead atoms. The van der Waals surface area contributed by atoms with Crippen LogP contribution in [0.5, 0.6) is 0 Å². The number of anilines is 1. The molecule has 3 rings (SSSR count). The predicted molar refractivity (Wildman–Crippen MR) is 80.5 cm³/mol. The van der Waals surface area contributed by atoms with Crippen molar-refractivity contribution in [1.29, 1.82) is 0 Å². The van der Waals surface area contributed by atoms with Gasteiger partial charge in [0.15, 0.2) is 5.13 Å². The molecule has 0 fully saturated rings. The Morgan fingerprint density at radius 3 is 3.11 bits per heavy atom. The van der Waals surface area contributed by atoms with E-state index < -0.39 is 0 Å². The standard InChI is InChI=1S/C13H12BrN3OS/c1-2-9-6-15-12(18-9)7-16-13-17-10-4-3-8(14)5-11(10)19-13/h3-6H,2,7H2,1H3,(H,16,17). The summed E-state index contributed by atoms with van der Waals surface area (Å²) < 4.78 is 7.76. The highest BCUT2D eigenvalue weighted by molar-refractivity contribution is 9.10. The lowest BCUT2D eigenvalue weighted by Crippen LogP contribution is -1.98. The van der Waals surface area contributed by atoms with Crippen molar-refractivity contribution in [3.8, 4) is 0 Å². The van der Waals surface area contributed by atoms with E-state index in [0.29, 0.717) is 12.4 Å². The SMILES string of the molecule is CCc1cnc(CNc2nc3ccc(Br)cc3s2)o1. The molecule has 19 heavy (non-hydrogen) atoms. The molecule has 0 atom stereocenters. The molecule has 2 heterocycles. The van der Waals surface area contributed by atoms with Crippen LogP contribution in [-0.4, -0.2) is 9.97 Å². The summed E-state index contributed by atoms with van der Waals surface area (Å²) in [5.41, 5.74) is 0.998. The predicted octanol–water partition coefficient (Wildman–Crippen LogP) is 4.22. The van der Waals surface area contributed by atoms with E-state index in [1.165, 1.54) is 0 Å². The number of rotatable bonds is 4. The number of benzene rings is 1. The first-order valence-electron chi connectivity index (χ1n) is 5.98. The van der Waals surface area contributed by atoms with Crippen molar-refractivity contribution in [2.45, 2.75) is 19.9 Å². The van der Waals surface area contributed by atoms with Crippen molar-refractivity contribution in [2.24, 2.45) is 0 Å². The molecule has 1 aromatic carbocycles. The lowest BCUT2D eigenvalue weighted by molar-refractivity contribution is 0.466. The molecular formula is C13H12BrN3OS. The van der Waals surface area contributed by atoms with Crippen molar-refractivity contribution >= 4 is 42.6 Å². The third kappa shape index (κ3) is 2.79. The Balaban J connectivity index is 1.74. The molecule has 0 amide bonds. The van der Waals surface area contributed by atoms with E-state index in [-0.39, 0.29) is 0 Å². The fraction of sp³-hybridized carbons (Fsp3) is 0.231. The normalized spacial score (nSPS) is 11.1. The van der Waals surface area contributed by atoms with Gasteiger partial charge in [-0.15, -0.1) is 0 Å². The molecule has 1 N–H and O–H groups in total. The number of nitrogens with zero attached hydrogens (tertiary/aromatic N) is 2. The monoisotopic (exact) mass is 337 g/mol. The number of fused-ring (bicyclic) bond motifs is 1. The number of hydrogen-bond donors (Lipinski definition) is 1. The summed E-state index contributed by atoms with van der Waals surface area (Å²) >= 11 is 5.08. The van der Waals surface area contributed by atoms with Crippen molar-refractivity contribution in [3.05, 3.63) is 40.5 Å². The summed E-state index contributed by atoms with van der Waals surface area (Å²) in [5.74, 6) is 1.60. The quantitative estimate of drug-likeness (QED) is 0.774. The van der Waals surface area contributed by atoms with E-state index in [0.717, 1.165) is 32.0 Å². The Labute approximate surface area is 123 Å². The molecule has 0 aliphatic heterocycles. The number of oxazole rings is 1. The first kappa shape index (κ1) is 12.6. The zero-order chi connectivity index (χ0) is 13.2. The minimum absolute atomic E-state index is 0.557. The molecular weight excluding hydrogens is 326 g/mol. The van der Waals surface area contributed by atoms with Crippen LogP contribution in [-0.2, 0) is 13.0 Å². The second kappa shape index (κ2) is 5.30. The molecule has 4 nitrogen and oxygen atoms in total. The second-order valence-electron chi connectivity index (χ2n) is 4.06. The Bertz CT molecular complexity index is 707. The van der Waals surface area contributed by atoms with Crippen LogP contribution in [0.25, 0.3) is 10.2 Å². The summed E-state index contributed by atoms with van der Waals surface area (Å²) in [6, 6.07) is 6.06. The van der Waals surface area contributed by atoms with Gasteiger partial charge in [-0.05, 0) is 18.2 Å². The molecule has 0 saturated heterocycles. The van der Waals surface area contributed by atoms with Gasteiger partial charge in [-0.25, -0.2) is 9.97 Å². The fourth-order valence-electron chi connectivity index (χ4n) is 1.72. The first-order chi connectivity index (χ1) is 9.24. The van der Waals surface area contributed by atoms with Crippen LogP contribution in [0.15, 0.2) is 33.3 Å². The van der Waals surface area contributed by atoms with E-state index in [4.69, 9.17) is 4.42 Å². The Hall–Kier alpha value is -1.40. The van der Waals surface area contributed by atoms with Gasteiger partial charge in [0.05, 0.1) is 23.0 Å². The minimum atomic E-state index is 0.557. The summed E-state index contributed by atoms with van der Waals surface area (Å²) in [7, 11) is 0. The van der Waals surface area contributed by atoms with Crippen LogP contribution >= 0.6 is 27.3 Å². The lowest BCUT2D eigenvalue weighted by atomic mass is 10.3. The highest BCUT2D eigenvalue weighted by Crippen LogP contribution is 2.28. The van der Waals surface area contributed by atoms with Gasteiger partial charge in [0.2, 0.25) is 5.89 Å². The Morgan fingerprint density at radius 2 is 2.32 bits per heavy atom. The maximum absolute atomic E-state index is 5.54. The molecule has 0 aliphatic carbocycles. The molecule has 0 spiro atoms. The van der Waals surface area contributed by atoms with Crippen molar-refractivity contribution < 1.29 is 4.42 Å². The van der Waals surface area contributed by atoms with E-state index in [2.05, 4.69) is 37.3 Å². The van der Waals surface area contributed by atoms with Crippen LogP contribution in [0.1, 0.15) is 18.6 Å². The van der Waals surface area contributed by atoms with Crippen molar-refractivity contribution in [2.75, 3.05) is 5.32 Å². The van der Waals surface area contributed by atoms with Gasteiger partial charge in [0.1, 0.15) is 5.76 Å². The zero-order valence-electron chi connectivity index (χ0n) is 10.3. The average Bonchev–Trinajstić information content (AvgIpc) is 3.01. The highest BCUT2D eigenvalue weighted by Gasteiger charge is 2.06. The van der Waals surface area contributed by atoms with Crippen LogP contribution < -0.4 is 5.32 Å². The number of halogens is 1. The van der Waals surface area contributed by atoms with Gasteiger partial charge in [0, 0.05) is 10.9 Å². The zero-order valence-corrected chi connectivity index (χ0v) is 12.7. The summed E-state index contributed by atoms with van der Waals surface area (Å²) in [4.78, 5) is 8.72. The van der Waals surface area contributed by atoms with Crippen LogP contribution in [0.4, 0.5) is 5.13 Å². The summed E-state index contributed by atoms with van der Waals surface area (Å²) in [5, 5.41) is 4.12. The number of thiazole rings is 1. The molecule has 0 aliphatic rings. The average molecular weight is 338 g/mol. The molecule has 6 heteroatoms. The van der Waals surface area contributed by atoms with Gasteiger partial charge in [-0.1, -0.05) is 34.2 Å². The van der Waals surface area contributed by atoms with Crippen molar-refractivity contribution in [3.63, 3.8) is 0 Å². The van der Waals surface area contributed by atoms with Crippen molar-refractivity contribution in [1.82, 2.24) is 9.97 Å². The molecule has 2 aromatic heterocycles. The number of nitrogens with one attached hydrogen (secondary N) is 1.